The van der Waals surface area contributed by atoms with E-state index in [4.69, 9.17) is 0 Å². The third kappa shape index (κ3) is 3.70. The SMILES string of the molecule is O=C(c1cnc2c(c1)ncn2Cc1ccccc1)N1CC(O)CC2(CCNCC2)C1. The molecule has 1 atom stereocenters. The van der Waals surface area contributed by atoms with Crippen molar-refractivity contribution in [3.63, 3.8) is 0 Å². The first kappa shape index (κ1) is 19.2. The van der Waals surface area contributed by atoms with Crippen molar-refractivity contribution in [3.05, 3.63) is 60.0 Å². The Labute approximate surface area is 175 Å². The quantitative estimate of drug-likeness (QED) is 0.697. The number of nitrogens with one attached hydrogen (secondary N) is 1. The third-order valence-corrected chi connectivity index (χ3v) is 6.48. The van der Waals surface area contributed by atoms with Crippen LogP contribution in [0.2, 0.25) is 0 Å². The molecule has 0 aliphatic carbocycles. The normalized spacial score (nSPS) is 21.2. The van der Waals surface area contributed by atoms with Crippen LogP contribution in [0.5, 0.6) is 0 Å². The summed E-state index contributed by atoms with van der Waals surface area (Å²) >= 11 is 0. The van der Waals surface area contributed by atoms with E-state index in [1.807, 2.05) is 33.7 Å². The second-order valence-corrected chi connectivity index (χ2v) is 8.72. The molecule has 1 unspecified atom stereocenters. The lowest BCUT2D eigenvalue weighted by molar-refractivity contribution is -0.0174. The molecular weight excluding hydrogens is 378 g/mol. The largest absolute Gasteiger partial charge is 0.391 e. The Hall–Kier alpha value is -2.77. The number of carbonyl (C=O) groups is 1. The van der Waals surface area contributed by atoms with E-state index < -0.39 is 6.10 Å². The summed E-state index contributed by atoms with van der Waals surface area (Å²) in [6, 6.07) is 12.0. The van der Waals surface area contributed by atoms with E-state index in [0.29, 0.717) is 30.7 Å². The van der Waals surface area contributed by atoms with Gasteiger partial charge in [-0.3, -0.25) is 4.79 Å². The molecule has 30 heavy (non-hydrogen) atoms. The highest BCUT2D eigenvalue weighted by atomic mass is 16.3. The number of fused-ring (bicyclic) bond motifs is 1. The zero-order valence-corrected chi connectivity index (χ0v) is 17.0. The zero-order chi connectivity index (χ0) is 20.6. The summed E-state index contributed by atoms with van der Waals surface area (Å²) in [6.45, 7) is 3.66. The smallest absolute Gasteiger partial charge is 0.255 e. The van der Waals surface area contributed by atoms with Crippen molar-refractivity contribution < 1.29 is 9.90 Å². The number of β-amino-alcohol motifs (C(OH)–C–C–N with tert-alkyl or cyclic N) is 1. The van der Waals surface area contributed by atoms with Gasteiger partial charge >= 0.3 is 0 Å². The predicted molar refractivity (Wildman–Crippen MR) is 114 cm³/mol. The topological polar surface area (TPSA) is 83.3 Å². The summed E-state index contributed by atoms with van der Waals surface area (Å²) in [4.78, 5) is 24.1. The fraction of sp³-hybridized carbons (Fsp3) is 0.435. The number of pyridine rings is 1. The van der Waals surface area contributed by atoms with E-state index in [9.17, 15) is 9.90 Å². The molecule has 5 rings (SSSR count). The first-order valence-corrected chi connectivity index (χ1v) is 10.6. The van der Waals surface area contributed by atoms with Gasteiger partial charge in [0, 0.05) is 19.3 Å². The second kappa shape index (κ2) is 7.81. The van der Waals surface area contributed by atoms with Gasteiger partial charge in [0.25, 0.3) is 5.91 Å². The van der Waals surface area contributed by atoms with Crippen molar-refractivity contribution in [2.24, 2.45) is 5.41 Å². The minimum atomic E-state index is -0.470. The maximum absolute atomic E-state index is 13.2. The van der Waals surface area contributed by atoms with Crippen LogP contribution in [0.25, 0.3) is 11.2 Å². The first-order valence-electron chi connectivity index (χ1n) is 10.6. The Bertz CT molecular complexity index is 1040. The van der Waals surface area contributed by atoms with Crippen molar-refractivity contribution in [2.45, 2.75) is 31.9 Å². The molecule has 1 amide bonds. The molecule has 0 bridgehead atoms. The molecule has 7 nitrogen and oxygen atoms in total. The van der Waals surface area contributed by atoms with E-state index in [2.05, 4.69) is 27.4 Å². The lowest BCUT2D eigenvalue weighted by atomic mass is 9.72. The Morgan fingerprint density at radius 2 is 2.00 bits per heavy atom. The van der Waals surface area contributed by atoms with E-state index in [-0.39, 0.29) is 11.3 Å². The van der Waals surface area contributed by atoms with E-state index in [0.717, 1.165) is 38.0 Å². The maximum atomic E-state index is 13.2. The van der Waals surface area contributed by atoms with Crippen LogP contribution in [0.15, 0.2) is 48.9 Å². The van der Waals surface area contributed by atoms with E-state index in [1.54, 1.807) is 12.5 Å². The fourth-order valence-electron chi connectivity index (χ4n) is 4.97. The van der Waals surface area contributed by atoms with Gasteiger partial charge in [-0.25, -0.2) is 9.97 Å². The average Bonchev–Trinajstić information content (AvgIpc) is 3.16. The van der Waals surface area contributed by atoms with Crippen LogP contribution in [-0.2, 0) is 6.54 Å². The van der Waals surface area contributed by atoms with Crippen molar-refractivity contribution in [2.75, 3.05) is 26.2 Å². The molecule has 7 heteroatoms. The number of likely N-dealkylation sites (tertiary alicyclic amines) is 1. The van der Waals surface area contributed by atoms with Crippen LogP contribution >= 0.6 is 0 Å². The molecule has 1 spiro atoms. The molecule has 2 saturated heterocycles. The molecule has 0 saturated carbocycles. The minimum absolute atomic E-state index is 0.0212. The molecule has 156 valence electrons. The van der Waals surface area contributed by atoms with Gasteiger partial charge in [-0.15, -0.1) is 0 Å². The molecule has 0 radical (unpaired) electrons. The summed E-state index contributed by atoms with van der Waals surface area (Å²) < 4.78 is 1.99. The van der Waals surface area contributed by atoms with Crippen molar-refractivity contribution in [3.8, 4) is 0 Å². The number of nitrogens with zero attached hydrogens (tertiary/aromatic N) is 4. The van der Waals surface area contributed by atoms with Gasteiger partial charge in [0.2, 0.25) is 0 Å². The lowest BCUT2D eigenvalue weighted by Crippen LogP contribution is -2.54. The van der Waals surface area contributed by atoms with Gasteiger partial charge in [0.1, 0.15) is 5.52 Å². The Kier molecular flexibility index (Phi) is 5.00. The highest BCUT2D eigenvalue weighted by Gasteiger charge is 2.41. The van der Waals surface area contributed by atoms with Gasteiger partial charge in [-0.2, -0.15) is 0 Å². The number of carbonyl (C=O) groups excluding carboxylic acids is 1. The van der Waals surface area contributed by atoms with Crippen LogP contribution < -0.4 is 5.32 Å². The summed E-state index contributed by atoms with van der Waals surface area (Å²) in [5, 5.41) is 13.8. The summed E-state index contributed by atoms with van der Waals surface area (Å²) in [6.07, 6.45) is 5.71. The van der Waals surface area contributed by atoms with Crippen LogP contribution in [0.1, 0.15) is 35.2 Å². The van der Waals surface area contributed by atoms with Crippen molar-refractivity contribution >= 4 is 17.1 Å². The van der Waals surface area contributed by atoms with Crippen molar-refractivity contribution in [1.29, 1.82) is 0 Å². The molecule has 3 aromatic rings. The standard InChI is InChI=1S/C23H27N5O2/c29-19-11-23(6-8-24-9-7-23)15-27(14-19)22(30)18-10-20-21(25-12-18)28(16-26-20)13-17-4-2-1-3-5-17/h1-5,10,12,16,19,24,29H,6-9,11,13-15H2. The Morgan fingerprint density at radius 1 is 1.20 bits per heavy atom. The van der Waals surface area contributed by atoms with Crippen LogP contribution in [-0.4, -0.2) is 62.7 Å². The molecule has 2 aliphatic rings. The number of benzene rings is 1. The van der Waals surface area contributed by atoms with Crippen molar-refractivity contribution in [1.82, 2.24) is 24.8 Å². The highest BCUT2D eigenvalue weighted by molar-refractivity contribution is 5.96. The number of hydrogen-bond acceptors (Lipinski definition) is 5. The van der Waals surface area contributed by atoms with E-state index >= 15 is 0 Å². The third-order valence-electron chi connectivity index (χ3n) is 6.48. The monoisotopic (exact) mass is 405 g/mol. The number of imidazole rings is 1. The summed E-state index contributed by atoms with van der Waals surface area (Å²) in [5.74, 6) is -0.0707. The van der Waals surface area contributed by atoms with Crippen LogP contribution in [0, 0.1) is 5.41 Å². The number of rotatable bonds is 3. The fourth-order valence-corrected chi connectivity index (χ4v) is 4.97. The molecule has 1 aromatic carbocycles. The number of piperidine rings is 2. The van der Waals surface area contributed by atoms with Crippen LogP contribution in [0.3, 0.4) is 0 Å². The molecule has 4 heterocycles. The maximum Gasteiger partial charge on any atom is 0.255 e. The minimum Gasteiger partial charge on any atom is -0.391 e. The Morgan fingerprint density at radius 3 is 2.80 bits per heavy atom. The zero-order valence-electron chi connectivity index (χ0n) is 17.0. The molecule has 2 aromatic heterocycles. The molecular formula is C23H27N5O2. The number of aromatic nitrogens is 3. The molecule has 2 N–H and O–H groups in total. The predicted octanol–water partition coefficient (Wildman–Crippen LogP) is 2.06. The van der Waals surface area contributed by atoms with Gasteiger partial charge in [0.15, 0.2) is 5.65 Å². The number of hydrogen-bond donors (Lipinski definition) is 2. The number of amides is 1. The Balaban J connectivity index is 1.37. The summed E-state index contributed by atoms with van der Waals surface area (Å²) in [5.41, 5.74) is 3.21. The lowest BCUT2D eigenvalue weighted by Gasteiger charge is -2.47. The summed E-state index contributed by atoms with van der Waals surface area (Å²) in [7, 11) is 0. The first-order chi connectivity index (χ1) is 14.6. The number of aliphatic hydroxyl groups excluding tert-OH is 1. The molecule has 2 fully saturated rings. The van der Waals surface area contributed by atoms with Crippen LogP contribution in [0.4, 0.5) is 0 Å². The van der Waals surface area contributed by atoms with Gasteiger partial charge in [0.05, 0.1) is 24.5 Å². The number of aliphatic hydroxyl groups is 1. The van der Waals surface area contributed by atoms with Gasteiger partial charge < -0.3 is 19.9 Å². The van der Waals surface area contributed by atoms with Gasteiger partial charge in [-0.05, 0) is 49.4 Å². The molecule has 2 aliphatic heterocycles. The highest BCUT2D eigenvalue weighted by Crippen LogP contribution is 2.38. The van der Waals surface area contributed by atoms with Gasteiger partial charge in [-0.1, -0.05) is 30.3 Å². The second-order valence-electron chi connectivity index (χ2n) is 8.72. The van der Waals surface area contributed by atoms with E-state index in [1.165, 1.54) is 5.56 Å². The average molecular weight is 406 g/mol.